The van der Waals surface area contributed by atoms with Crippen LogP contribution in [0.2, 0.25) is 0 Å². The minimum Gasteiger partial charge on any atom is -0.354 e. The minimum atomic E-state index is 1.32. The van der Waals surface area contributed by atoms with E-state index in [9.17, 15) is 0 Å². The molecule has 1 aromatic rings. The van der Waals surface area contributed by atoms with Crippen LogP contribution in [0.5, 0.6) is 0 Å². The first-order valence-corrected chi connectivity index (χ1v) is 3.80. The zero-order valence-corrected chi connectivity index (χ0v) is 7.60. The lowest BCUT2D eigenvalue weighted by molar-refractivity contribution is 0.880. The second-order valence-corrected chi connectivity index (χ2v) is 2.27. The van der Waals surface area contributed by atoms with Crippen molar-refractivity contribution in [3.63, 3.8) is 0 Å². The third-order valence-electron chi connectivity index (χ3n) is 1.39. The highest BCUT2D eigenvalue weighted by molar-refractivity contribution is 5.14. The number of aryl methyl sites for hydroxylation is 3. The zero-order valence-electron chi connectivity index (χ0n) is 7.60. The van der Waals surface area contributed by atoms with Crippen LogP contribution in [0, 0.1) is 13.8 Å². The third kappa shape index (κ3) is 2.26. The molecule has 1 aromatic heterocycles. The van der Waals surface area contributed by atoms with Crippen molar-refractivity contribution in [1.29, 1.82) is 0 Å². The largest absolute Gasteiger partial charge is 0.354 e. The molecule has 0 saturated carbocycles. The van der Waals surface area contributed by atoms with Gasteiger partial charge >= 0.3 is 0 Å². The SMILES string of the molecule is CC.Cc1cc(C)n(C)c1. The summed E-state index contributed by atoms with van der Waals surface area (Å²) in [6, 6.07) is 2.17. The summed E-state index contributed by atoms with van der Waals surface area (Å²) in [5.74, 6) is 0. The number of aromatic nitrogens is 1. The quantitative estimate of drug-likeness (QED) is 0.520. The monoisotopic (exact) mass is 139 g/mol. The van der Waals surface area contributed by atoms with Crippen LogP contribution >= 0.6 is 0 Å². The molecule has 58 valence electrons. The first-order valence-electron chi connectivity index (χ1n) is 3.80. The molecule has 0 atom stereocenters. The van der Waals surface area contributed by atoms with Gasteiger partial charge in [-0.1, -0.05) is 13.8 Å². The van der Waals surface area contributed by atoms with Crippen LogP contribution in [0.4, 0.5) is 0 Å². The van der Waals surface area contributed by atoms with Crippen LogP contribution in [-0.4, -0.2) is 4.57 Å². The van der Waals surface area contributed by atoms with Gasteiger partial charge in [0.25, 0.3) is 0 Å². The second kappa shape index (κ2) is 4.15. The van der Waals surface area contributed by atoms with Gasteiger partial charge in [-0.2, -0.15) is 0 Å². The second-order valence-electron chi connectivity index (χ2n) is 2.27. The highest BCUT2D eigenvalue weighted by atomic mass is 14.9. The molecule has 0 saturated heterocycles. The third-order valence-corrected chi connectivity index (χ3v) is 1.39. The Morgan fingerprint density at radius 2 is 1.70 bits per heavy atom. The molecule has 1 nitrogen and oxygen atoms in total. The van der Waals surface area contributed by atoms with Crippen LogP contribution in [0.1, 0.15) is 25.1 Å². The predicted molar refractivity (Wildman–Crippen MR) is 46.2 cm³/mol. The summed E-state index contributed by atoms with van der Waals surface area (Å²) < 4.78 is 2.12. The molecule has 0 aromatic carbocycles. The Bertz CT molecular complexity index is 167. The summed E-state index contributed by atoms with van der Waals surface area (Å²) in [5, 5.41) is 0. The number of hydrogen-bond donors (Lipinski definition) is 0. The predicted octanol–water partition coefficient (Wildman–Crippen LogP) is 2.67. The van der Waals surface area contributed by atoms with Crippen LogP contribution < -0.4 is 0 Å². The Labute approximate surface area is 63.7 Å². The van der Waals surface area contributed by atoms with Gasteiger partial charge in [-0.15, -0.1) is 0 Å². The maximum absolute atomic E-state index is 2.17. The molecule has 0 fully saturated rings. The molecule has 0 radical (unpaired) electrons. The fourth-order valence-electron chi connectivity index (χ4n) is 0.876. The van der Waals surface area contributed by atoms with Gasteiger partial charge in [-0.3, -0.25) is 0 Å². The van der Waals surface area contributed by atoms with Crippen molar-refractivity contribution in [2.24, 2.45) is 7.05 Å². The molecule has 0 aliphatic heterocycles. The van der Waals surface area contributed by atoms with Gasteiger partial charge in [0.15, 0.2) is 0 Å². The molecule has 0 unspecified atom stereocenters. The van der Waals surface area contributed by atoms with E-state index in [0.29, 0.717) is 0 Å². The molecule has 0 N–H and O–H groups in total. The Kier molecular flexibility index (Phi) is 3.85. The van der Waals surface area contributed by atoms with E-state index >= 15 is 0 Å². The molecule has 10 heavy (non-hydrogen) atoms. The molecule has 1 heterocycles. The fraction of sp³-hybridized carbons (Fsp3) is 0.556. The van der Waals surface area contributed by atoms with E-state index in [1.54, 1.807) is 0 Å². The van der Waals surface area contributed by atoms with Crippen molar-refractivity contribution in [3.8, 4) is 0 Å². The molecule has 0 amide bonds. The van der Waals surface area contributed by atoms with Gasteiger partial charge in [0.05, 0.1) is 0 Å². The summed E-state index contributed by atoms with van der Waals surface area (Å²) in [6.45, 7) is 8.21. The standard InChI is InChI=1S/C7H11N.C2H6/c1-6-4-7(2)8(3)5-6;1-2/h4-5H,1-3H3;1-2H3. The van der Waals surface area contributed by atoms with E-state index in [1.165, 1.54) is 11.3 Å². The Morgan fingerprint density at radius 1 is 1.20 bits per heavy atom. The number of rotatable bonds is 0. The van der Waals surface area contributed by atoms with Crippen LogP contribution in [0.25, 0.3) is 0 Å². The molecule has 0 spiro atoms. The lowest BCUT2D eigenvalue weighted by atomic mass is 10.4. The van der Waals surface area contributed by atoms with Gasteiger partial charge < -0.3 is 4.57 Å². The average Bonchev–Trinajstić information content (AvgIpc) is 2.16. The molecule has 1 heteroatoms. The van der Waals surface area contributed by atoms with Crippen LogP contribution in [0.15, 0.2) is 12.3 Å². The van der Waals surface area contributed by atoms with E-state index in [1.807, 2.05) is 13.8 Å². The van der Waals surface area contributed by atoms with Crippen LogP contribution in [-0.2, 0) is 7.05 Å². The lowest BCUT2D eigenvalue weighted by Crippen LogP contribution is -1.84. The van der Waals surface area contributed by atoms with Gasteiger partial charge in [0, 0.05) is 18.9 Å². The van der Waals surface area contributed by atoms with Gasteiger partial charge in [-0.25, -0.2) is 0 Å². The van der Waals surface area contributed by atoms with Crippen LogP contribution in [0.3, 0.4) is 0 Å². The van der Waals surface area contributed by atoms with Crippen molar-refractivity contribution < 1.29 is 0 Å². The van der Waals surface area contributed by atoms with Crippen molar-refractivity contribution in [2.75, 3.05) is 0 Å². The molecule has 0 aliphatic carbocycles. The minimum absolute atomic E-state index is 1.32. The summed E-state index contributed by atoms with van der Waals surface area (Å²) >= 11 is 0. The van der Waals surface area contributed by atoms with E-state index in [4.69, 9.17) is 0 Å². The topological polar surface area (TPSA) is 4.93 Å². The van der Waals surface area contributed by atoms with Gasteiger partial charge in [0.1, 0.15) is 0 Å². The average molecular weight is 139 g/mol. The Balaban J connectivity index is 0.000000371. The fourth-order valence-corrected chi connectivity index (χ4v) is 0.876. The first-order chi connectivity index (χ1) is 4.70. The van der Waals surface area contributed by atoms with E-state index in [0.717, 1.165) is 0 Å². The smallest absolute Gasteiger partial charge is 0.0143 e. The highest BCUT2D eigenvalue weighted by Crippen LogP contribution is 2.02. The van der Waals surface area contributed by atoms with Crippen molar-refractivity contribution in [2.45, 2.75) is 27.7 Å². The van der Waals surface area contributed by atoms with E-state index < -0.39 is 0 Å². The van der Waals surface area contributed by atoms with Crippen molar-refractivity contribution >= 4 is 0 Å². The molecule has 0 aliphatic rings. The normalized spacial score (nSPS) is 8.50. The van der Waals surface area contributed by atoms with E-state index in [-0.39, 0.29) is 0 Å². The summed E-state index contributed by atoms with van der Waals surface area (Å²) in [7, 11) is 2.06. The zero-order chi connectivity index (χ0) is 8.15. The molecular formula is C9H17N. The van der Waals surface area contributed by atoms with Gasteiger partial charge in [0.2, 0.25) is 0 Å². The Hall–Kier alpha value is -0.720. The lowest BCUT2D eigenvalue weighted by Gasteiger charge is -1.89. The first kappa shape index (κ1) is 9.28. The van der Waals surface area contributed by atoms with Crippen molar-refractivity contribution in [3.05, 3.63) is 23.5 Å². The van der Waals surface area contributed by atoms with Crippen molar-refractivity contribution in [1.82, 2.24) is 4.57 Å². The maximum atomic E-state index is 2.17. The molecule has 0 bridgehead atoms. The molecular weight excluding hydrogens is 122 g/mol. The highest BCUT2D eigenvalue weighted by Gasteiger charge is 1.89. The molecule has 1 rings (SSSR count). The van der Waals surface area contributed by atoms with Gasteiger partial charge in [-0.05, 0) is 25.5 Å². The summed E-state index contributed by atoms with van der Waals surface area (Å²) in [6.07, 6.45) is 2.12. The number of hydrogen-bond acceptors (Lipinski definition) is 0. The summed E-state index contributed by atoms with van der Waals surface area (Å²) in [5.41, 5.74) is 2.66. The summed E-state index contributed by atoms with van der Waals surface area (Å²) in [4.78, 5) is 0. The number of nitrogens with zero attached hydrogens (tertiary/aromatic N) is 1. The van der Waals surface area contributed by atoms with E-state index in [2.05, 4.69) is 37.7 Å². The Morgan fingerprint density at radius 3 is 1.80 bits per heavy atom. The maximum Gasteiger partial charge on any atom is 0.0143 e.